The lowest BCUT2D eigenvalue weighted by atomic mass is 9.91. The van der Waals surface area contributed by atoms with Crippen molar-refractivity contribution in [3.63, 3.8) is 0 Å². The van der Waals surface area contributed by atoms with E-state index in [2.05, 4.69) is 10.6 Å². The van der Waals surface area contributed by atoms with Gasteiger partial charge in [-0.2, -0.15) is 0 Å². The Balaban J connectivity index is 1.63. The molecule has 6 nitrogen and oxygen atoms in total. The summed E-state index contributed by atoms with van der Waals surface area (Å²) >= 11 is 0. The second kappa shape index (κ2) is 8.92. The lowest BCUT2D eigenvalue weighted by Crippen LogP contribution is -2.50. The number of amides is 2. The highest BCUT2D eigenvalue weighted by molar-refractivity contribution is 6.06. The van der Waals surface area contributed by atoms with Crippen molar-refractivity contribution in [1.82, 2.24) is 10.6 Å². The molecule has 2 aromatic carbocycles. The van der Waals surface area contributed by atoms with E-state index in [4.69, 9.17) is 4.74 Å². The second-order valence-electron chi connectivity index (χ2n) is 9.72. The smallest absolute Gasteiger partial charge is 0.407 e. The Hall–Kier alpha value is -3.29. The molecule has 1 saturated carbocycles. The molecule has 0 heterocycles. The average molecular weight is 459 g/mol. The minimum absolute atomic E-state index is 0.0344. The van der Waals surface area contributed by atoms with Gasteiger partial charge in [-0.1, -0.05) is 30.3 Å². The number of ether oxygens (including phenoxy) is 1. The van der Waals surface area contributed by atoms with Crippen molar-refractivity contribution in [1.29, 1.82) is 0 Å². The van der Waals surface area contributed by atoms with Crippen molar-refractivity contribution in [2.45, 2.75) is 64.1 Å². The van der Waals surface area contributed by atoms with Gasteiger partial charge in [-0.05, 0) is 58.7 Å². The summed E-state index contributed by atoms with van der Waals surface area (Å²) in [5.41, 5.74) is -1.39. The maximum absolute atomic E-state index is 13.9. The Morgan fingerprint density at radius 1 is 0.939 bits per heavy atom. The highest BCUT2D eigenvalue weighted by atomic mass is 19.1. The molecule has 2 N–H and O–H groups in total. The molecule has 0 saturated heterocycles. The topological polar surface area (TPSA) is 84.5 Å². The molecule has 0 aliphatic heterocycles. The van der Waals surface area contributed by atoms with Crippen molar-refractivity contribution >= 4 is 17.8 Å². The predicted molar refractivity (Wildman–Crippen MR) is 119 cm³/mol. The number of ketones is 1. The quantitative estimate of drug-likeness (QED) is 0.613. The van der Waals surface area contributed by atoms with Crippen LogP contribution < -0.4 is 10.6 Å². The summed E-state index contributed by atoms with van der Waals surface area (Å²) in [6, 6.07) is 9.95. The van der Waals surface area contributed by atoms with Gasteiger partial charge in [0.15, 0.2) is 5.78 Å². The van der Waals surface area contributed by atoms with Crippen molar-refractivity contribution < 1.29 is 27.9 Å². The van der Waals surface area contributed by atoms with Gasteiger partial charge in [-0.25, -0.2) is 13.6 Å². The average Bonchev–Trinajstić information content (AvgIpc) is 3.44. The zero-order valence-electron chi connectivity index (χ0n) is 19.3. The van der Waals surface area contributed by atoms with E-state index in [1.807, 2.05) is 0 Å². The molecule has 176 valence electrons. The first-order chi connectivity index (χ1) is 15.3. The van der Waals surface area contributed by atoms with Crippen molar-refractivity contribution in [2.75, 3.05) is 0 Å². The summed E-state index contributed by atoms with van der Waals surface area (Å²) in [4.78, 5) is 37.3. The highest BCUT2D eigenvalue weighted by Crippen LogP contribution is 2.41. The Kier molecular flexibility index (Phi) is 6.58. The second-order valence-corrected chi connectivity index (χ2v) is 9.72. The zero-order valence-corrected chi connectivity index (χ0v) is 19.3. The number of benzene rings is 2. The number of carbonyl (C=O) groups excluding carboxylic acids is 3. The number of carbonyl (C=O) groups is 3. The summed E-state index contributed by atoms with van der Waals surface area (Å²) in [5, 5.41) is 5.25. The molecule has 8 heteroatoms. The first-order valence-electron chi connectivity index (χ1n) is 10.7. The maximum atomic E-state index is 13.9. The van der Waals surface area contributed by atoms with Crippen LogP contribution in [0.25, 0.3) is 0 Å². The molecule has 0 spiro atoms. The molecule has 2 aromatic rings. The highest BCUT2D eigenvalue weighted by Gasteiger charge is 2.40. The Labute approximate surface area is 191 Å². The van der Waals surface area contributed by atoms with E-state index in [1.165, 1.54) is 13.8 Å². The number of alkyl carbamates (subject to hydrolysis) is 1. The molecular weight excluding hydrogens is 430 g/mol. The van der Waals surface area contributed by atoms with Crippen LogP contribution in [0, 0.1) is 11.6 Å². The van der Waals surface area contributed by atoms with Crippen molar-refractivity contribution in [3.8, 4) is 0 Å². The van der Waals surface area contributed by atoms with Gasteiger partial charge in [0.1, 0.15) is 22.8 Å². The van der Waals surface area contributed by atoms with E-state index in [0.29, 0.717) is 5.56 Å². The summed E-state index contributed by atoms with van der Waals surface area (Å²) in [6.45, 7) is 8.33. The minimum atomic E-state index is -1.40. The summed E-state index contributed by atoms with van der Waals surface area (Å²) < 4.78 is 33.1. The monoisotopic (exact) mass is 458 g/mol. The number of rotatable bonds is 6. The van der Waals surface area contributed by atoms with Gasteiger partial charge in [-0.15, -0.1) is 0 Å². The van der Waals surface area contributed by atoms with Crippen LogP contribution in [0.15, 0.2) is 42.5 Å². The van der Waals surface area contributed by atoms with Gasteiger partial charge in [0.05, 0.1) is 5.54 Å². The molecule has 0 radical (unpaired) electrons. The molecule has 1 aliphatic carbocycles. The standard InChI is InChI=1S/C25H28F2N2O4/c1-24(2,3)33-23(32)28-19-13-16(19)14-9-11-15(12-10-14)21(30)25(4,5)29-22(31)20-17(26)7-6-8-18(20)27/h6-12,16,19H,13H2,1-5H3,(H,28,32)(H,29,31)/t16-,19+/m1/s1. The molecule has 1 fully saturated rings. The first kappa shape index (κ1) is 24.4. The third-order valence-corrected chi connectivity index (χ3v) is 5.28. The number of Topliss-reactive ketones (excluding diaryl/α,β-unsaturated/α-hetero) is 1. The molecule has 2 amide bonds. The van der Waals surface area contributed by atoms with Crippen LogP contribution in [-0.4, -0.2) is 35.0 Å². The van der Waals surface area contributed by atoms with E-state index < -0.39 is 46.1 Å². The van der Waals surface area contributed by atoms with Crippen LogP contribution in [0.4, 0.5) is 13.6 Å². The Morgan fingerprint density at radius 2 is 1.52 bits per heavy atom. The van der Waals surface area contributed by atoms with Crippen molar-refractivity contribution in [3.05, 3.63) is 70.8 Å². The Bertz CT molecular complexity index is 1050. The molecular formula is C25H28F2N2O4. The molecule has 0 aromatic heterocycles. The minimum Gasteiger partial charge on any atom is -0.444 e. The molecule has 0 unspecified atom stereocenters. The first-order valence-corrected chi connectivity index (χ1v) is 10.7. The number of hydrogen-bond acceptors (Lipinski definition) is 4. The van der Waals surface area contributed by atoms with Crippen LogP contribution in [-0.2, 0) is 4.74 Å². The van der Waals surface area contributed by atoms with Gasteiger partial charge in [-0.3, -0.25) is 9.59 Å². The van der Waals surface area contributed by atoms with Crippen LogP contribution in [0.3, 0.4) is 0 Å². The van der Waals surface area contributed by atoms with Crippen LogP contribution in [0.1, 0.15) is 73.2 Å². The Morgan fingerprint density at radius 3 is 2.06 bits per heavy atom. The van der Waals surface area contributed by atoms with Gasteiger partial charge in [0.2, 0.25) is 0 Å². The SMILES string of the molecule is CC(C)(C)OC(=O)N[C@H]1C[C@@H]1c1ccc(C(=O)C(C)(C)NC(=O)c2c(F)cccc2F)cc1. The summed E-state index contributed by atoms with van der Waals surface area (Å²) in [6.07, 6.45) is 0.299. The van der Waals surface area contributed by atoms with E-state index in [1.54, 1.807) is 45.0 Å². The molecule has 33 heavy (non-hydrogen) atoms. The fourth-order valence-corrected chi connectivity index (χ4v) is 3.54. The fraction of sp³-hybridized carbons (Fsp3) is 0.400. The number of nitrogens with one attached hydrogen (secondary N) is 2. The predicted octanol–water partition coefficient (Wildman–Crippen LogP) is 4.74. The summed E-state index contributed by atoms with van der Waals surface area (Å²) in [7, 11) is 0. The molecule has 0 bridgehead atoms. The maximum Gasteiger partial charge on any atom is 0.407 e. The number of halogens is 2. The van der Waals surface area contributed by atoms with Gasteiger partial charge in [0.25, 0.3) is 5.91 Å². The third-order valence-electron chi connectivity index (χ3n) is 5.28. The normalized spacial score (nSPS) is 17.8. The van der Waals surface area contributed by atoms with E-state index in [-0.39, 0.29) is 12.0 Å². The third kappa shape index (κ3) is 5.94. The fourth-order valence-electron chi connectivity index (χ4n) is 3.54. The van der Waals surface area contributed by atoms with Crippen LogP contribution in [0.2, 0.25) is 0 Å². The van der Waals surface area contributed by atoms with Gasteiger partial charge in [0, 0.05) is 17.5 Å². The molecule has 1 aliphatic rings. The van der Waals surface area contributed by atoms with Gasteiger partial charge < -0.3 is 15.4 Å². The molecule has 3 rings (SSSR count). The number of hydrogen-bond donors (Lipinski definition) is 2. The van der Waals surface area contributed by atoms with E-state index in [0.717, 1.165) is 30.2 Å². The molecule has 2 atom stereocenters. The lowest BCUT2D eigenvalue weighted by molar-refractivity contribution is 0.0522. The van der Waals surface area contributed by atoms with E-state index >= 15 is 0 Å². The summed E-state index contributed by atoms with van der Waals surface area (Å²) in [5.74, 6) is -3.29. The van der Waals surface area contributed by atoms with Crippen LogP contribution in [0.5, 0.6) is 0 Å². The van der Waals surface area contributed by atoms with E-state index in [9.17, 15) is 23.2 Å². The van der Waals surface area contributed by atoms with Crippen molar-refractivity contribution in [2.24, 2.45) is 0 Å². The van der Waals surface area contributed by atoms with Crippen LogP contribution >= 0.6 is 0 Å². The zero-order chi connectivity index (χ0) is 24.6. The van der Waals surface area contributed by atoms with Gasteiger partial charge >= 0.3 is 6.09 Å². The largest absolute Gasteiger partial charge is 0.444 e. The lowest BCUT2D eigenvalue weighted by Gasteiger charge is -2.25.